The minimum atomic E-state index is -0.197. The Morgan fingerprint density at radius 3 is 2.58 bits per heavy atom. The van der Waals surface area contributed by atoms with Crippen molar-refractivity contribution in [1.29, 1.82) is 0 Å². The number of rotatable bonds is 6. The highest BCUT2D eigenvalue weighted by atomic mass is 35.5. The van der Waals surface area contributed by atoms with E-state index in [1.807, 2.05) is 16.9 Å². The first-order chi connectivity index (χ1) is 8.78. The highest BCUT2D eigenvalue weighted by molar-refractivity contribution is 5.85. The lowest BCUT2D eigenvalue weighted by atomic mass is 10.2. The number of benzene rings is 1. The average molecular weight is 284 g/mol. The Kier molecular flexibility index (Phi) is 6.53. The fraction of sp³-hybridized carbons (Fsp3) is 0.357. The fourth-order valence-electron chi connectivity index (χ4n) is 1.79. The van der Waals surface area contributed by atoms with Gasteiger partial charge in [0.05, 0.1) is 5.69 Å². The summed E-state index contributed by atoms with van der Waals surface area (Å²) in [7, 11) is 0. The summed E-state index contributed by atoms with van der Waals surface area (Å²) >= 11 is 0. The molecule has 0 saturated heterocycles. The minimum absolute atomic E-state index is 0. The van der Waals surface area contributed by atoms with Crippen molar-refractivity contribution in [1.82, 2.24) is 15.1 Å². The van der Waals surface area contributed by atoms with Crippen molar-refractivity contribution in [3.63, 3.8) is 0 Å². The first-order valence-corrected chi connectivity index (χ1v) is 6.25. The van der Waals surface area contributed by atoms with E-state index in [-0.39, 0.29) is 18.2 Å². The molecule has 0 aliphatic heterocycles. The molecule has 0 spiro atoms. The Labute approximate surface area is 119 Å². The van der Waals surface area contributed by atoms with E-state index in [2.05, 4.69) is 17.3 Å². The number of hydrogen-bond donors (Lipinski definition) is 1. The van der Waals surface area contributed by atoms with E-state index in [0.29, 0.717) is 0 Å². The summed E-state index contributed by atoms with van der Waals surface area (Å²) in [6, 6.07) is 8.56. The SMILES string of the molecule is CCCn1ccc(CNCc2ccc(F)cc2)n1.Cl. The van der Waals surface area contributed by atoms with Crippen molar-refractivity contribution < 1.29 is 4.39 Å². The normalized spacial score (nSPS) is 10.2. The smallest absolute Gasteiger partial charge is 0.123 e. The second-order valence-corrected chi connectivity index (χ2v) is 4.30. The molecule has 0 atom stereocenters. The van der Waals surface area contributed by atoms with Gasteiger partial charge in [0, 0.05) is 25.8 Å². The molecule has 1 N–H and O–H groups in total. The molecule has 3 nitrogen and oxygen atoms in total. The van der Waals surface area contributed by atoms with Gasteiger partial charge in [-0.15, -0.1) is 12.4 Å². The molecule has 0 aliphatic rings. The Bertz CT molecular complexity index is 482. The van der Waals surface area contributed by atoms with Crippen molar-refractivity contribution >= 4 is 12.4 Å². The number of nitrogens with zero attached hydrogens (tertiary/aromatic N) is 2. The predicted molar refractivity (Wildman–Crippen MR) is 76.7 cm³/mol. The van der Waals surface area contributed by atoms with Crippen LogP contribution in [0.3, 0.4) is 0 Å². The molecule has 5 heteroatoms. The van der Waals surface area contributed by atoms with Gasteiger partial charge in [0.25, 0.3) is 0 Å². The van der Waals surface area contributed by atoms with Crippen LogP contribution in [0.4, 0.5) is 4.39 Å². The van der Waals surface area contributed by atoms with Crippen LogP contribution in [0.15, 0.2) is 36.5 Å². The Balaban J connectivity index is 0.00000180. The number of aromatic nitrogens is 2. The lowest BCUT2D eigenvalue weighted by Gasteiger charge is -2.03. The molecule has 2 rings (SSSR count). The van der Waals surface area contributed by atoms with Gasteiger partial charge in [0.1, 0.15) is 5.82 Å². The van der Waals surface area contributed by atoms with E-state index in [1.54, 1.807) is 12.1 Å². The summed E-state index contributed by atoms with van der Waals surface area (Å²) in [5.41, 5.74) is 2.11. The van der Waals surface area contributed by atoms with Gasteiger partial charge in [-0.2, -0.15) is 5.10 Å². The molecule has 0 saturated carbocycles. The van der Waals surface area contributed by atoms with Crippen LogP contribution in [0.1, 0.15) is 24.6 Å². The van der Waals surface area contributed by atoms with Crippen LogP contribution >= 0.6 is 12.4 Å². The summed E-state index contributed by atoms with van der Waals surface area (Å²) < 4.78 is 14.7. The van der Waals surface area contributed by atoms with Gasteiger partial charge < -0.3 is 5.32 Å². The van der Waals surface area contributed by atoms with Crippen molar-refractivity contribution in [2.75, 3.05) is 0 Å². The van der Waals surface area contributed by atoms with Crippen molar-refractivity contribution in [2.24, 2.45) is 0 Å². The van der Waals surface area contributed by atoms with Crippen LogP contribution in [0, 0.1) is 5.82 Å². The van der Waals surface area contributed by atoms with E-state index < -0.39 is 0 Å². The Morgan fingerprint density at radius 1 is 1.16 bits per heavy atom. The fourth-order valence-corrected chi connectivity index (χ4v) is 1.79. The first kappa shape index (κ1) is 15.7. The zero-order valence-corrected chi connectivity index (χ0v) is 11.8. The van der Waals surface area contributed by atoms with Gasteiger partial charge in [-0.1, -0.05) is 19.1 Å². The van der Waals surface area contributed by atoms with E-state index in [0.717, 1.165) is 37.3 Å². The topological polar surface area (TPSA) is 29.9 Å². The van der Waals surface area contributed by atoms with Gasteiger partial charge in [0.2, 0.25) is 0 Å². The van der Waals surface area contributed by atoms with Crippen LogP contribution in [0.25, 0.3) is 0 Å². The standard InChI is InChI=1S/C14H18FN3.ClH/c1-2-8-18-9-7-14(17-18)11-16-10-12-3-5-13(15)6-4-12;/h3-7,9,16H,2,8,10-11H2,1H3;1H. The van der Waals surface area contributed by atoms with E-state index in [9.17, 15) is 4.39 Å². The molecular formula is C14H19ClFN3. The second-order valence-electron chi connectivity index (χ2n) is 4.30. The molecule has 0 unspecified atom stereocenters. The number of halogens is 2. The molecule has 0 aliphatic carbocycles. The van der Waals surface area contributed by atoms with Gasteiger partial charge in [0.15, 0.2) is 0 Å². The summed E-state index contributed by atoms with van der Waals surface area (Å²) in [6.07, 6.45) is 3.09. The van der Waals surface area contributed by atoms with Gasteiger partial charge >= 0.3 is 0 Å². The maximum Gasteiger partial charge on any atom is 0.123 e. The molecule has 0 radical (unpaired) electrons. The quantitative estimate of drug-likeness (QED) is 0.883. The predicted octanol–water partition coefficient (Wildman–Crippen LogP) is 3.14. The Morgan fingerprint density at radius 2 is 1.89 bits per heavy atom. The zero-order chi connectivity index (χ0) is 12.8. The number of nitrogens with one attached hydrogen (secondary N) is 1. The molecule has 1 aromatic heterocycles. The monoisotopic (exact) mass is 283 g/mol. The number of aryl methyl sites for hydroxylation is 1. The molecule has 0 bridgehead atoms. The first-order valence-electron chi connectivity index (χ1n) is 6.25. The van der Waals surface area contributed by atoms with E-state index >= 15 is 0 Å². The van der Waals surface area contributed by atoms with Crippen molar-refractivity contribution in [2.45, 2.75) is 33.0 Å². The maximum absolute atomic E-state index is 12.7. The van der Waals surface area contributed by atoms with Gasteiger partial charge in [-0.05, 0) is 30.2 Å². The summed E-state index contributed by atoms with van der Waals surface area (Å²) in [4.78, 5) is 0. The third-order valence-corrected chi connectivity index (χ3v) is 2.70. The van der Waals surface area contributed by atoms with Crippen LogP contribution < -0.4 is 5.32 Å². The minimum Gasteiger partial charge on any atom is -0.307 e. The van der Waals surface area contributed by atoms with Crippen LogP contribution in [0.5, 0.6) is 0 Å². The van der Waals surface area contributed by atoms with Crippen LogP contribution in [-0.2, 0) is 19.6 Å². The average Bonchev–Trinajstić information content (AvgIpc) is 2.80. The molecule has 0 amide bonds. The molecule has 0 fully saturated rings. The second kappa shape index (κ2) is 7.92. The summed E-state index contributed by atoms with van der Waals surface area (Å²) in [6.45, 7) is 4.54. The lowest BCUT2D eigenvalue weighted by molar-refractivity contribution is 0.582. The van der Waals surface area contributed by atoms with Gasteiger partial charge in [-0.25, -0.2) is 4.39 Å². The molecular weight excluding hydrogens is 265 g/mol. The largest absolute Gasteiger partial charge is 0.307 e. The lowest BCUT2D eigenvalue weighted by Crippen LogP contribution is -2.13. The third kappa shape index (κ3) is 5.01. The van der Waals surface area contributed by atoms with Crippen LogP contribution in [-0.4, -0.2) is 9.78 Å². The molecule has 2 aromatic rings. The summed E-state index contributed by atoms with van der Waals surface area (Å²) in [5.74, 6) is -0.197. The van der Waals surface area contributed by atoms with Crippen molar-refractivity contribution in [3.05, 3.63) is 53.6 Å². The molecule has 1 aromatic carbocycles. The highest BCUT2D eigenvalue weighted by Crippen LogP contribution is 2.03. The third-order valence-electron chi connectivity index (χ3n) is 2.70. The summed E-state index contributed by atoms with van der Waals surface area (Å²) in [5, 5.41) is 7.73. The number of hydrogen-bond acceptors (Lipinski definition) is 2. The molecule has 19 heavy (non-hydrogen) atoms. The van der Waals surface area contributed by atoms with Crippen LogP contribution in [0.2, 0.25) is 0 Å². The zero-order valence-electron chi connectivity index (χ0n) is 11.0. The molecule has 1 heterocycles. The Hall–Kier alpha value is -1.39. The van der Waals surface area contributed by atoms with E-state index in [4.69, 9.17) is 0 Å². The maximum atomic E-state index is 12.7. The van der Waals surface area contributed by atoms with E-state index in [1.165, 1.54) is 12.1 Å². The van der Waals surface area contributed by atoms with Crippen molar-refractivity contribution in [3.8, 4) is 0 Å². The highest BCUT2D eigenvalue weighted by Gasteiger charge is 1.98. The van der Waals surface area contributed by atoms with Gasteiger partial charge in [-0.3, -0.25) is 4.68 Å². The molecule has 104 valence electrons.